The first-order valence-corrected chi connectivity index (χ1v) is 20.0. The van der Waals surface area contributed by atoms with Crippen LogP contribution in [0, 0.1) is 41.4 Å². The molecule has 1 aromatic carbocycles. The standard InChI is InChI=1S/C41H50N6O5S/c1-2-30-24-35(52-27-38-45-46-40(53-36-9-3-4-10-36)47(38)34-8-5-13-42-26-34)12-11-31(30)7-6-16-51-41(49)44-15-18-50-17-14-43-39(48)25-37-32-20-28-19-29(22-32)23-33(37)21-28/h2,5,8,11-13,24,26,28-29,32-33,36-37H,1,3-4,9-10,14-23,25,27H2,(H,43,48)(H,44,49). The number of nitrogens with zero attached hydrogens (tertiary/aromatic N) is 4. The Hall–Kier alpha value is -4.34. The Labute approximate surface area is 316 Å². The normalized spacial score (nSPS) is 22.9. The summed E-state index contributed by atoms with van der Waals surface area (Å²) in [6.07, 6.45) is 17.0. The van der Waals surface area contributed by atoms with Gasteiger partial charge in [-0.25, -0.2) is 4.79 Å². The van der Waals surface area contributed by atoms with E-state index < -0.39 is 6.09 Å². The molecule has 0 atom stereocenters. The molecule has 4 bridgehead atoms. The van der Waals surface area contributed by atoms with Crippen LogP contribution < -0.4 is 15.4 Å². The molecule has 0 aliphatic heterocycles. The van der Waals surface area contributed by atoms with Crippen LogP contribution in [0.3, 0.4) is 0 Å². The molecule has 8 rings (SSSR count). The average Bonchev–Trinajstić information content (AvgIpc) is 3.84. The van der Waals surface area contributed by atoms with Crippen molar-refractivity contribution in [2.45, 2.75) is 81.2 Å². The van der Waals surface area contributed by atoms with Gasteiger partial charge in [-0.3, -0.25) is 14.3 Å². The van der Waals surface area contributed by atoms with Gasteiger partial charge in [-0.15, -0.1) is 10.2 Å². The van der Waals surface area contributed by atoms with Crippen molar-refractivity contribution < 1.29 is 23.8 Å². The maximum atomic E-state index is 12.6. The quantitative estimate of drug-likeness (QED) is 0.124. The molecule has 0 saturated heterocycles. The minimum atomic E-state index is -0.566. The highest BCUT2D eigenvalue weighted by molar-refractivity contribution is 7.99. The Morgan fingerprint density at radius 1 is 1.00 bits per heavy atom. The molecular weight excluding hydrogens is 689 g/mol. The van der Waals surface area contributed by atoms with E-state index in [4.69, 9.17) is 14.2 Å². The molecule has 11 nitrogen and oxygen atoms in total. The monoisotopic (exact) mass is 738 g/mol. The number of thioether (sulfide) groups is 1. The van der Waals surface area contributed by atoms with E-state index in [2.05, 4.69) is 44.2 Å². The number of hydrogen-bond acceptors (Lipinski definition) is 9. The number of carbonyl (C=O) groups excluding carboxylic acids is 2. The smallest absolute Gasteiger partial charge is 0.408 e. The summed E-state index contributed by atoms with van der Waals surface area (Å²) in [5.74, 6) is 11.3. The minimum absolute atomic E-state index is 0.0667. The zero-order valence-corrected chi connectivity index (χ0v) is 31.2. The molecule has 0 radical (unpaired) electrons. The van der Waals surface area contributed by atoms with Crippen molar-refractivity contribution in [1.29, 1.82) is 0 Å². The van der Waals surface area contributed by atoms with Crippen LogP contribution in [0.4, 0.5) is 4.79 Å². The maximum absolute atomic E-state index is 12.6. The molecule has 5 fully saturated rings. The van der Waals surface area contributed by atoms with Crippen LogP contribution in [0.5, 0.6) is 5.75 Å². The molecule has 5 aliphatic carbocycles. The highest BCUT2D eigenvalue weighted by atomic mass is 32.2. The zero-order valence-electron chi connectivity index (χ0n) is 30.3. The van der Waals surface area contributed by atoms with Gasteiger partial charge in [0.15, 0.2) is 17.6 Å². The third kappa shape index (κ3) is 9.81. The average molecular weight is 739 g/mol. The number of alkyl carbamates (subject to hydrolysis) is 1. The number of amides is 2. The van der Waals surface area contributed by atoms with E-state index in [0.717, 1.165) is 45.6 Å². The van der Waals surface area contributed by atoms with E-state index >= 15 is 0 Å². The lowest BCUT2D eigenvalue weighted by molar-refractivity contribution is -0.126. The van der Waals surface area contributed by atoms with Crippen molar-refractivity contribution in [3.63, 3.8) is 0 Å². The zero-order chi connectivity index (χ0) is 36.4. The molecule has 0 unspecified atom stereocenters. The van der Waals surface area contributed by atoms with Crippen LogP contribution in [0.2, 0.25) is 0 Å². The van der Waals surface area contributed by atoms with Gasteiger partial charge in [-0.1, -0.05) is 49.1 Å². The van der Waals surface area contributed by atoms with Crippen LogP contribution in [-0.2, 0) is 20.9 Å². The Bertz CT molecular complexity index is 1750. The summed E-state index contributed by atoms with van der Waals surface area (Å²) in [7, 11) is 0. The molecule has 2 heterocycles. The van der Waals surface area contributed by atoms with E-state index in [-0.39, 0.29) is 19.1 Å². The van der Waals surface area contributed by atoms with Crippen LogP contribution in [-0.4, -0.2) is 69.9 Å². The molecule has 0 spiro atoms. The van der Waals surface area contributed by atoms with Crippen LogP contribution in [0.25, 0.3) is 11.8 Å². The van der Waals surface area contributed by atoms with Crippen molar-refractivity contribution in [2.75, 3.05) is 32.9 Å². The van der Waals surface area contributed by atoms with Gasteiger partial charge in [0.05, 0.1) is 25.1 Å². The van der Waals surface area contributed by atoms with Gasteiger partial charge in [0.25, 0.3) is 0 Å². The number of ether oxygens (including phenoxy) is 3. The Morgan fingerprint density at radius 2 is 1.77 bits per heavy atom. The number of nitrogens with one attached hydrogen (secondary N) is 2. The van der Waals surface area contributed by atoms with E-state index in [1.807, 2.05) is 41.1 Å². The highest BCUT2D eigenvalue weighted by Gasteiger charge is 2.48. The largest absolute Gasteiger partial charge is 0.486 e. The molecule has 2 amide bonds. The van der Waals surface area contributed by atoms with Crippen molar-refractivity contribution in [1.82, 2.24) is 30.4 Å². The molecule has 12 heteroatoms. The fourth-order valence-electron chi connectivity index (χ4n) is 8.96. The topological polar surface area (TPSA) is 129 Å². The second-order valence-corrected chi connectivity index (χ2v) is 16.0. The van der Waals surface area contributed by atoms with E-state index in [9.17, 15) is 9.59 Å². The summed E-state index contributed by atoms with van der Waals surface area (Å²) in [6.45, 7) is 5.59. The summed E-state index contributed by atoms with van der Waals surface area (Å²) >= 11 is 1.77. The first-order valence-electron chi connectivity index (χ1n) is 19.2. The van der Waals surface area contributed by atoms with Gasteiger partial charge >= 0.3 is 6.09 Å². The van der Waals surface area contributed by atoms with E-state index in [1.54, 1.807) is 24.0 Å². The molecule has 2 N–H and O–H groups in total. The van der Waals surface area contributed by atoms with Gasteiger partial charge in [0, 0.05) is 36.5 Å². The van der Waals surface area contributed by atoms with Crippen molar-refractivity contribution >= 4 is 29.8 Å². The summed E-state index contributed by atoms with van der Waals surface area (Å²) in [6, 6.07) is 9.48. The van der Waals surface area contributed by atoms with Crippen molar-refractivity contribution in [3.8, 4) is 23.3 Å². The number of aromatic nitrogens is 4. The van der Waals surface area contributed by atoms with E-state index in [0.29, 0.717) is 55.5 Å². The van der Waals surface area contributed by atoms with E-state index in [1.165, 1.54) is 57.8 Å². The number of rotatable bonds is 16. The van der Waals surface area contributed by atoms with Gasteiger partial charge in [0.1, 0.15) is 12.4 Å². The lowest BCUT2D eigenvalue weighted by atomic mass is 9.51. The fraction of sp³-hybridized carbons (Fsp3) is 0.537. The van der Waals surface area contributed by atoms with Crippen LogP contribution >= 0.6 is 11.8 Å². The molecule has 5 aliphatic rings. The molecule has 53 heavy (non-hydrogen) atoms. The van der Waals surface area contributed by atoms with Crippen molar-refractivity contribution in [2.24, 2.45) is 29.6 Å². The lowest BCUT2D eigenvalue weighted by Crippen LogP contribution is -2.46. The second kappa shape index (κ2) is 18.1. The third-order valence-electron chi connectivity index (χ3n) is 11.2. The number of benzene rings is 1. The third-order valence-corrected chi connectivity index (χ3v) is 12.5. The number of pyridine rings is 1. The van der Waals surface area contributed by atoms with Crippen LogP contribution in [0.1, 0.15) is 81.2 Å². The number of carbonyl (C=O) groups is 2. The van der Waals surface area contributed by atoms with Gasteiger partial charge in [0.2, 0.25) is 5.91 Å². The summed E-state index contributed by atoms with van der Waals surface area (Å²) in [5.41, 5.74) is 2.44. The molecule has 280 valence electrons. The van der Waals surface area contributed by atoms with Crippen LogP contribution in [0.15, 0.2) is 54.5 Å². The van der Waals surface area contributed by atoms with Crippen molar-refractivity contribution in [3.05, 3.63) is 66.3 Å². The van der Waals surface area contributed by atoms with Gasteiger partial charge in [-0.2, -0.15) is 0 Å². The van der Waals surface area contributed by atoms with Gasteiger partial charge < -0.3 is 24.8 Å². The maximum Gasteiger partial charge on any atom is 0.408 e. The van der Waals surface area contributed by atoms with Gasteiger partial charge in [-0.05, 0) is 110 Å². The lowest BCUT2D eigenvalue weighted by Gasteiger charge is -2.54. The Balaban J connectivity index is 0.792. The predicted molar refractivity (Wildman–Crippen MR) is 203 cm³/mol. The second-order valence-electron chi connectivity index (χ2n) is 14.8. The number of hydrogen-bond donors (Lipinski definition) is 2. The fourth-order valence-corrected chi connectivity index (χ4v) is 10.2. The molecule has 3 aromatic rings. The summed E-state index contributed by atoms with van der Waals surface area (Å²) in [5, 5.41) is 16.1. The Kier molecular flexibility index (Phi) is 12.7. The highest BCUT2D eigenvalue weighted by Crippen LogP contribution is 2.57. The molecular formula is C41H50N6O5S. The predicted octanol–water partition coefficient (Wildman–Crippen LogP) is 6.59. The minimum Gasteiger partial charge on any atom is -0.486 e. The first-order chi connectivity index (χ1) is 26.0. The molecule has 2 aromatic heterocycles. The summed E-state index contributed by atoms with van der Waals surface area (Å²) in [4.78, 5) is 29.0. The first kappa shape index (κ1) is 37.0. The molecule has 5 saturated carbocycles. The Morgan fingerprint density at radius 3 is 2.51 bits per heavy atom. The SMILES string of the molecule is C=Cc1cc(OCc2nnc(SC3CCCC3)n2-c2cccnc2)ccc1C#CCOC(=O)NCCOCCNC(=O)CC1C2CC3CC(C2)CC1C3. The summed E-state index contributed by atoms with van der Waals surface area (Å²) < 4.78 is 19.0.